The molecule has 238 valence electrons. The van der Waals surface area contributed by atoms with Gasteiger partial charge in [-0.2, -0.15) is 0 Å². The molecule has 0 aliphatic carbocycles. The zero-order chi connectivity index (χ0) is 32.8. The largest absolute Gasteiger partial charge is 0.491 e. The van der Waals surface area contributed by atoms with Gasteiger partial charge in [0.05, 0.1) is 44.3 Å². The van der Waals surface area contributed by atoms with Crippen molar-refractivity contribution in [2.75, 3.05) is 59.0 Å². The number of carbonyl (C=O) groups is 6. The van der Waals surface area contributed by atoms with E-state index in [2.05, 4.69) is 0 Å². The van der Waals surface area contributed by atoms with Crippen LogP contribution < -0.4 is 4.74 Å². The van der Waals surface area contributed by atoms with E-state index in [9.17, 15) is 44.1 Å². The molecule has 1 unspecified atom stereocenters. The molecule has 0 saturated heterocycles. The summed E-state index contributed by atoms with van der Waals surface area (Å²) in [7, 11) is 0. The number of Topliss-reactive ketones (excluding diaryl/α,β-unsaturated/α-hetero) is 1. The van der Waals surface area contributed by atoms with Crippen LogP contribution in [0, 0.1) is 0 Å². The van der Waals surface area contributed by atoms with Crippen molar-refractivity contribution >= 4 is 35.6 Å². The van der Waals surface area contributed by atoms with Crippen LogP contribution in [0.15, 0.2) is 48.5 Å². The highest BCUT2D eigenvalue weighted by molar-refractivity contribution is 5.98. The number of hydrogen-bond acceptors (Lipinski definition) is 10. The van der Waals surface area contributed by atoms with Crippen LogP contribution in [-0.4, -0.2) is 141 Å². The lowest BCUT2D eigenvalue weighted by Gasteiger charge is -2.34. The zero-order valence-electron chi connectivity index (χ0n) is 24.0. The van der Waals surface area contributed by atoms with Crippen LogP contribution in [0.5, 0.6) is 5.75 Å². The van der Waals surface area contributed by atoms with Crippen molar-refractivity contribution in [3.63, 3.8) is 0 Å². The van der Waals surface area contributed by atoms with Gasteiger partial charge in [-0.05, 0) is 30.2 Å². The van der Waals surface area contributed by atoms with E-state index in [1.54, 1.807) is 18.2 Å². The van der Waals surface area contributed by atoms with Gasteiger partial charge in [0.2, 0.25) is 0 Å². The Morgan fingerprint density at radius 2 is 1.16 bits per heavy atom. The Morgan fingerprint density at radius 1 is 0.659 bits per heavy atom. The van der Waals surface area contributed by atoms with Gasteiger partial charge in [0.15, 0.2) is 5.78 Å². The summed E-state index contributed by atoms with van der Waals surface area (Å²) in [5, 5.41) is 46.7. The highest BCUT2D eigenvalue weighted by atomic mass is 16.5. The number of benzene rings is 2. The fourth-order valence-electron chi connectivity index (χ4n) is 4.47. The molecule has 5 N–H and O–H groups in total. The first-order valence-electron chi connectivity index (χ1n) is 13.4. The Balaban J connectivity index is 2.39. The van der Waals surface area contributed by atoms with Crippen LogP contribution >= 0.6 is 0 Å². The van der Waals surface area contributed by atoms with Gasteiger partial charge in [-0.1, -0.05) is 36.4 Å². The van der Waals surface area contributed by atoms with Crippen LogP contribution in [0.4, 0.5) is 0 Å². The minimum absolute atomic E-state index is 0.145. The lowest BCUT2D eigenvalue weighted by Crippen LogP contribution is -2.52. The standard InChI is InChI=1S/C29H35N3O12/c1-19(33)23-11-21(20-5-3-2-4-6-20)7-8-24(23)44-18-22(32(16-28(40)41)17-29(42)43)12-30(13-25(34)35)9-10-31(14-26(36)37)15-27(38)39/h2-8,11,22H,9-10,12-18H2,1H3,(H,34,35)(H,36,37)(H,38,39)(H,40,41)(H,42,43). The molecule has 0 amide bonds. The average molecular weight is 618 g/mol. The van der Waals surface area contributed by atoms with Crippen molar-refractivity contribution in [3.05, 3.63) is 54.1 Å². The van der Waals surface area contributed by atoms with E-state index < -0.39 is 68.6 Å². The summed E-state index contributed by atoms with van der Waals surface area (Å²) in [6.07, 6.45) is 0. The summed E-state index contributed by atoms with van der Waals surface area (Å²) >= 11 is 0. The molecule has 0 aliphatic rings. The Hall–Kier alpha value is -4.86. The van der Waals surface area contributed by atoms with Crippen LogP contribution in [-0.2, 0) is 24.0 Å². The maximum atomic E-state index is 12.5. The number of nitrogens with zero attached hydrogens (tertiary/aromatic N) is 3. The van der Waals surface area contributed by atoms with Gasteiger partial charge in [-0.25, -0.2) is 0 Å². The fraction of sp³-hybridized carbons (Fsp3) is 0.379. The zero-order valence-corrected chi connectivity index (χ0v) is 24.0. The summed E-state index contributed by atoms with van der Waals surface area (Å²) in [6.45, 7) is -2.93. The third-order valence-electron chi connectivity index (χ3n) is 6.37. The van der Waals surface area contributed by atoms with E-state index in [-0.39, 0.29) is 43.3 Å². The molecular weight excluding hydrogens is 582 g/mol. The molecule has 0 radical (unpaired) electrons. The Bertz CT molecular complexity index is 1300. The lowest BCUT2D eigenvalue weighted by molar-refractivity contribution is -0.144. The third-order valence-corrected chi connectivity index (χ3v) is 6.37. The predicted molar refractivity (Wildman–Crippen MR) is 154 cm³/mol. The monoisotopic (exact) mass is 617 g/mol. The van der Waals surface area contributed by atoms with E-state index in [1.165, 1.54) is 11.8 Å². The minimum Gasteiger partial charge on any atom is -0.491 e. The van der Waals surface area contributed by atoms with Crippen molar-refractivity contribution in [3.8, 4) is 16.9 Å². The molecule has 15 nitrogen and oxygen atoms in total. The Labute approximate surface area is 252 Å². The molecule has 0 bridgehead atoms. The van der Waals surface area contributed by atoms with E-state index in [4.69, 9.17) is 14.9 Å². The van der Waals surface area contributed by atoms with Gasteiger partial charge in [0, 0.05) is 19.6 Å². The summed E-state index contributed by atoms with van der Waals surface area (Å²) < 4.78 is 5.94. The molecule has 1 atom stereocenters. The number of rotatable bonds is 21. The predicted octanol–water partition coefficient (Wildman–Crippen LogP) is 0.633. The number of carboxylic acids is 5. The van der Waals surface area contributed by atoms with Crippen LogP contribution in [0.1, 0.15) is 17.3 Å². The smallest absolute Gasteiger partial charge is 0.317 e. The first-order chi connectivity index (χ1) is 20.7. The molecule has 0 spiro atoms. The molecule has 15 heteroatoms. The molecule has 2 rings (SSSR count). The molecular formula is C29H35N3O12. The van der Waals surface area contributed by atoms with E-state index in [0.717, 1.165) is 20.9 Å². The van der Waals surface area contributed by atoms with Gasteiger partial charge >= 0.3 is 29.8 Å². The van der Waals surface area contributed by atoms with Crippen molar-refractivity contribution < 1.29 is 59.0 Å². The molecule has 2 aromatic carbocycles. The van der Waals surface area contributed by atoms with Crippen molar-refractivity contribution in [2.24, 2.45) is 0 Å². The lowest BCUT2D eigenvalue weighted by atomic mass is 10.0. The minimum atomic E-state index is -1.35. The molecule has 0 aromatic heterocycles. The van der Waals surface area contributed by atoms with E-state index in [1.807, 2.05) is 30.3 Å². The molecule has 44 heavy (non-hydrogen) atoms. The van der Waals surface area contributed by atoms with Crippen LogP contribution in [0.2, 0.25) is 0 Å². The van der Waals surface area contributed by atoms with E-state index >= 15 is 0 Å². The Kier molecular flexibility index (Phi) is 13.9. The SMILES string of the molecule is CC(=O)c1cc(-c2ccccc2)ccc1OCC(CN(CCN(CC(=O)O)CC(=O)O)CC(=O)O)N(CC(=O)O)CC(=O)O. The number of carbonyl (C=O) groups excluding carboxylic acids is 1. The number of aliphatic carboxylic acids is 5. The second kappa shape index (κ2) is 17.3. The maximum Gasteiger partial charge on any atom is 0.317 e. The van der Waals surface area contributed by atoms with Crippen molar-refractivity contribution in [1.29, 1.82) is 0 Å². The van der Waals surface area contributed by atoms with Gasteiger partial charge in [0.25, 0.3) is 0 Å². The topological polar surface area (TPSA) is 223 Å². The van der Waals surface area contributed by atoms with Crippen LogP contribution in [0.25, 0.3) is 11.1 Å². The molecule has 0 heterocycles. The number of ketones is 1. The second-order valence-corrected chi connectivity index (χ2v) is 9.92. The number of ether oxygens (including phenoxy) is 1. The molecule has 0 aliphatic heterocycles. The molecule has 0 saturated carbocycles. The van der Waals surface area contributed by atoms with Crippen molar-refractivity contribution in [1.82, 2.24) is 14.7 Å². The number of carboxylic acid groups (broad SMARTS) is 5. The Morgan fingerprint density at radius 3 is 1.66 bits per heavy atom. The first-order valence-corrected chi connectivity index (χ1v) is 13.4. The highest BCUT2D eigenvalue weighted by Gasteiger charge is 2.28. The fourth-order valence-corrected chi connectivity index (χ4v) is 4.47. The van der Waals surface area contributed by atoms with Crippen LogP contribution in [0.3, 0.4) is 0 Å². The second-order valence-electron chi connectivity index (χ2n) is 9.92. The average Bonchev–Trinajstić information content (AvgIpc) is 2.92. The number of hydrogen-bond donors (Lipinski definition) is 5. The molecule has 2 aromatic rings. The van der Waals surface area contributed by atoms with E-state index in [0.29, 0.717) is 0 Å². The quantitative estimate of drug-likeness (QED) is 0.121. The normalized spacial score (nSPS) is 11.8. The molecule has 0 fully saturated rings. The van der Waals surface area contributed by atoms with Gasteiger partial charge in [-0.15, -0.1) is 0 Å². The van der Waals surface area contributed by atoms with Crippen molar-refractivity contribution in [2.45, 2.75) is 13.0 Å². The highest BCUT2D eigenvalue weighted by Crippen LogP contribution is 2.27. The summed E-state index contributed by atoms with van der Waals surface area (Å²) in [4.78, 5) is 73.2. The van der Waals surface area contributed by atoms with Gasteiger partial charge in [0.1, 0.15) is 12.4 Å². The van der Waals surface area contributed by atoms with Gasteiger partial charge < -0.3 is 30.3 Å². The summed E-state index contributed by atoms with van der Waals surface area (Å²) in [5.41, 5.74) is 1.80. The third kappa shape index (κ3) is 12.6. The summed E-state index contributed by atoms with van der Waals surface area (Å²) in [6, 6.07) is 13.1. The first kappa shape index (κ1) is 35.3. The van der Waals surface area contributed by atoms with Gasteiger partial charge in [-0.3, -0.25) is 43.5 Å². The maximum absolute atomic E-state index is 12.5. The summed E-state index contributed by atoms with van der Waals surface area (Å²) in [5.74, 6) is -6.77.